The summed E-state index contributed by atoms with van der Waals surface area (Å²) in [6, 6.07) is 10.8. The van der Waals surface area contributed by atoms with E-state index in [1.807, 2.05) is 18.2 Å². The van der Waals surface area contributed by atoms with Crippen LogP contribution in [0.15, 0.2) is 36.4 Å². The van der Waals surface area contributed by atoms with Crippen LogP contribution in [0.1, 0.15) is 31.9 Å². The van der Waals surface area contributed by atoms with Crippen molar-refractivity contribution in [3.8, 4) is 11.1 Å². The van der Waals surface area contributed by atoms with Gasteiger partial charge < -0.3 is 5.32 Å². The molecule has 4 heteroatoms. The Bertz CT molecular complexity index is 628. The molecule has 1 nitrogen and oxygen atoms in total. The lowest BCUT2D eigenvalue weighted by molar-refractivity contribution is 0.571. The summed E-state index contributed by atoms with van der Waals surface area (Å²) in [4.78, 5) is 0. The molecule has 1 atom stereocenters. The van der Waals surface area contributed by atoms with Crippen molar-refractivity contribution >= 4 is 23.2 Å². The minimum absolute atomic E-state index is 0.116. The molecule has 0 radical (unpaired) electrons. The average molecular weight is 326 g/mol. The molecule has 2 aromatic rings. The Balaban J connectivity index is 2.27. The van der Waals surface area contributed by atoms with Crippen LogP contribution in [0.5, 0.6) is 0 Å². The third-order valence-corrected chi connectivity index (χ3v) is 4.04. The van der Waals surface area contributed by atoms with E-state index in [4.69, 9.17) is 23.2 Å². The van der Waals surface area contributed by atoms with Gasteiger partial charge in [-0.1, -0.05) is 48.3 Å². The zero-order valence-electron chi connectivity index (χ0n) is 12.1. The van der Waals surface area contributed by atoms with Gasteiger partial charge in [0.1, 0.15) is 5.82 Å². The smallest absolute Gasteiger partial charge is 0.141 e. The first-order chi connectivity index (χ1) is 10.0. The molecule has 1 unspecified atom stereocenters. The lowest BCUT2D eigenvalue weighted by atomic mass is 10.0. The highest BCUT2D eigenvalue weighted by molar-refractivity contribution is 6.32. The fourth-order valence-corrected chi connectivity index (χ4v) is 2.73. The number of rotatable bonds is 5. The number of nitrogens with one attached hydrogen (secondary N) is 1. The first-order valence-electron chi connectivity index (χ1n) is 7.01. The number of hydrogen-bond acceptors (Lipinski definition) is 1. The van der Waals surface area contributed by atoms with Gasteiger partial charge in [-0.25, -0.2) is 4.39 Å². The topological polar surface area (TPSA) is 12.0 Å². The van der Waals surface area contributed by atoms with Crippen LogP contribution in [0.25, 0.3) is 11.1 Å². The third kappa shape index (κ3) is 3.97. The van der Waals surface area contributed by atoms with Crippen LogP contribution in [-0.2, 0) is 0 Å². The van der Waals surface area contributed by atoms with Crippen molar-refractivity contribution in [2.45, 2.75) is 26.3 Å². The van der Waals surface area contributed by atoms with Gasteiger partial charge in [0.05, 0.1) is 5.02 Å². The Kier molecular flexibility index (Phi) is 5.63. The SMILES string of the molecule is CCCNC(C)c1ccc(-c2ccc(F)c(Cl)c2)cc1Cl. The second-order valence-corrected chi connectivity index (χ2v) is 5.86. The molecule has 0 fully saturated rings. The molecule has 0 bridgehead atoms. The van der Waals surface area contributed by atoms with Crippen LogP contribution in [0.3, 0.4) is 0 Å². The van der Waals surface area contributed by atoms with Gasteiger partial charge in [-0.3, -0.25) is 0 Å². The maximum absolute atomic E-state index is 13.2. The Labute approximate surface area is 135 Å². The van der Waals surface area contributed by atoms with Crippen molar-refractivity contribution in [2.75, 3.05) is 6.54 Å². The van der Waals surface area contributed by atoms with Gasteiger partial charge in [0.15, 0.2) is 0 Å². The molecule has 0 saturated heterocycles. The number of hydrogen-bond donors (Lipinski definition) is 1. The van der Waals surface area contributed by atoms with Crippen LogP contribution in [0.2, 0.25) is 10.0 Å². The van der Waals surface area contributed by atoms with E-state index in [9.17, 15) is 4.39 Å². The molecule has 0 amide bonds. The minimum Gasteiger partial charge on any atom is -0.310 e. The fraction of sp³-hybridized carbons (Fsp3) is 0.294. The first-order valence-corrected chi connectivity index (χ1v) is 7.76. The molecule has 1 N–H and O–H groups in total. The molecule has 21 heavy (non-hydrogen) atoms. The quantitative estimate of drug-likeness (QED) is 0.725. The predicted molar refractivity (Wildman–Crippen MR) is 88.6 cm³/mol. The van der Waals surface area contributed by atoms with Gasteiger partial charge in [-0.2, -0.15) is 0 Å². The lowest BCUT2D eigenvalue weighted by Crippen LogP contribution is -2.19. The standard InChI is InChI=1S/C17H18Cl2FN/c1-3-8-21-11(2)14-6-4-12(9-15(14)18)13-5-7-17(20)16(19)10-13/h4-7,9-11,21H,3,8H2,1-2H3. The summed E-state index contributed by atoms with van der Waals surface area (Å²) < 4.78 is 13.2. The van der Waals surface area contributed by atoms with Gasteiger partial charge in [0, 0.05) is 11.1 Å². The van der Waals surface area contributed by atoms with Crippen LogP contribution >= 0.6 is 23.2 Å². The highest BCUT2D eigenvalue weighted by atomic mass is 35.5. The van der Waals surface area contributed by atoms with Crippen molar-refractivity contribution in [1.82, 2.24) is 5.32 Å². The normalized spacial score (nSPS) is 12.4. The summed E-state index contributed by atoms with van der Waals surface area (Å²) in [5, 5.41) is 4.22. The number of benzene rings is 2. The Hall–Kier alpha value is -1.09. The maximum atomic E-state index is 13.2. The van der Waals surface area contributed by atoms with Gasteiger partial charge in [-0.15, -0.1) is 0 Å². The zero-order chi connectivity index (χ0) is 15.4. The Morgan fingerprint density at radius 1 is 1.05 bits per heavy atom. The molecule has 0 aliphatic carbocycles. The molecule has 0 aliphatic rings. The van der Waals surface area contributed by atoms with Crippen LogP contribution in [0, 0.1) is 5.82 Å². The molecule has 112 valence electrons. The van der Waals surface area contributed by atoms with E-state index in [1.165, 1.54) is 6.07 Å². The van der Waals surface area contributed by atoms with E-state index in [0.717, 1.165) is 29.7 Å². The molecule has 0 aliphatic heterocycles. The minimum atomic E-state index is -0.416. The van der Waals surface area contributed by atoms with E-state index < -0.39 is 5.82 Å². The van der Waals surface area contributed by atoms with Crippen LogP contribution in [-0.4, -0.2) is 6.54 Å². The Morgan fingerprint density at radius 3 is 2.24 bits per heavy atom. The van der Waals surface area contributed by atoms with E-state index in [2.05, 4.69) is 19.2 Å². The second-order valence-electron chi connectivity index (χ2n) is 5.04. The highest BCUT2D eigenvalue weighted by Crippen LogP contribution is 2.30. The van der Waals surface area contributed by atoms with Crippen molar-refractivity contribution < 1.29 is 4.39 Å². The summed E-state index contributed by atoms with van der Waals surface area (Å²) in [7, 11) is 0. The molecular weight excluding hydrogens is 308 g/mol. The molecule has 0 aromatic heterocycles. The van der Waals surface area contributed by atoms with E-state index >= 15 is 0 Å². The molecule has 0 spiro atoms. The molecule has 0 saturated carbocycles. The average Bonchev–Trinajstić information content (AvgIpc) is 2.47. The molecule has 0 heterocycles. The van der Waals surface area contributed by atoms with E-state index in [-0.39, 0.29) is 11.1 Å². The van der Waals surface area contributed by atoms with Gasteiger partial charge >= 0.3 is 0 Å². The molecule has 2 rings (SSSR count). The van der Waals surface area contributed by atoms with Gasteiger partial charge in [-0.05, 0) is 54.8 Å². The van der Waals surface area contributed by atoms with Gasteiger partial charge in [0.25, 0.3) is 0 Å². The monoisotopic (exact) mass is 325 g/mol. The summed E-state index contributed by atoms with van der Waals surface area (Å²) >= 11 is 12.2. The van der Waals surface area contributed by atoms with Crippen molar-refractivity contribution in [2.24, 2.45) is 0 Å². The van der Waals surface area contributed by atoms with Crippen LogP contribution < -0.4 is 5.32 Å². The zero-order valence-corrected chi connectivity index (χ0v) is 13.6. The summed E-state index contributed by atoms with van der Waals surface area (Å²) in [5.74, 6) is -0.416. The second kappa shape index (κ2) is 7.26. The van der Waals surface area contributed by atoms with E-state index in [1.54, 1.807) is 12.1 Å². The largest absolute Gasteiger partial charge is 0.310 e. The predicted octanol–water partition coefficient (Wildman–Crippen LogP) is 5.86. The first kappa shape index (κ1) is 16.3. The lowest BCUT2D eigenvalue weighted by Gasteiger charge is -2.16. The summed E-state index contributed by atoms with van der Waals surface area (Å²) in [5.41, 5.74) is 2.83. The van der Waals surface area contributed by atoms with Gasteiger partial charge in [0.2, 0.25) is 0 Å². The van der Waals surface area contributed by atoms with Crippen molar-refractivity contribution in [1.29, 1.82) is 0 Å². The van der Waals surface area contributed by atoms with Crippen molar-refractivity contribution in [3.05, 3.63) is 57.8 Å². The number of halogens is 3. The maximum Gasteiger partial charge on any atom is 0.141 e. The third-order valence-electron chi connectivity index (χ3n) is 3.42. The fourth-order valence-electron chi connectivity index (χ4n) is 2.20. The summed E-state index contributed by atoms with van der Waals surface area (Å²) in [6.45, 7) is 5.17. The van der Waals surface area contributed by atoms with E-state index in [0.29, 0.717) is 5.02 Å². The summed E-state index contributed by atoms with van der Waals surface area (Å²) in [6.07, 6.45) is 1.08. The van der Waals surface area contributed by atoms with Crippen LogP contribution in [0.4, 0.5) is 4.39 Å². The molecule has 2 aromatic carbocycles. The molecular formula is C17H18Cl2FN. The Morgan fingerprint density at radius 2 is 1.67 bits per heavy atom. The highest BCUT2D eigenvalue weighted by Gasteiger charge is 2.11. The van der Waals surface area contributed by atoms with Crippen molar-refractivity contribution in [3.63, 3.8) is 0 Å².